The molecule has 0 saturated carbocycles. The predicted octanol–water partition coefficient (Wildman–Crippen LogP) is 2.00. The molecule has 1 amide bonds. The molecule has 7 nitrogen and oxygen atoms in total. The molecule has 4 heterocycles. The van der Waals surface area contributed by atoms with Crippen LogP contribution in [0.3, 0.4) is 0 Å². The first-order valence-corrected chi connectivity index (χ1v) is 8.24. The van der Waals surface area contributed by atoms with Crippen molar-refractivity contribution < 1.29 is 9.53 Å². The van der Waals surface area contributed by atoms with Crippen molar-refractivity contribution in [1.82, 2.24) is 24.4 Å². The maximum atomic E-state index is 12.7. The molecule has 0 radical (unpaired) electrons. The van der Waals surface area contributed by atoms with E-state index in [1.807, 2.05) is 28.6 Å². The standard InChI is InChI=1S/C18H19N5O2/c1-22-16(21-14-4-3-8-19-17(14)22)13-7-9-23(11-13)18(24)12-5-6-15(25-2)20-10-12/h3-6,8,10,13H,7,9,11H2,1-2H3/t13-/m1/s1. The Morgan fingerprint density at radius 2 is 2.16 bits per heavy atom. The third-order valence-corrected chi connectivity index (χ3v) is 4.70. The molecule has 1 saturated heterocycles. The second-order valence-electron chi connectivity index (χ2n) is 6.20. The average Bonchev–Trinajstić information content (AvgIpc) is 3.27. The number of imidazole rings is 1. The lowest BCUT2D eigenvalue weighted by atomic mass is 10.1. The number of hydrogen-bond donors (Lipinski definition) is 0. The zero-order chi connectivity index (χ0) is 17.4. The first-order chi connectivity index (χ1) is 12.2. The van der Waals surface area contributed by atoms with Crippen molar-refractivity contribution in [3.05, 3.63) is 48.0 Å². The molecule has 0 bridgehead atoms. The number of nitrogens with zero attached hydrogens (tertiary/aromatic N) is 5. The van der Waals surface area contributed by atoms with Crippen LogP contribution in [0.1, 0.15) is 28.5 Å². The number of carbonyl (C=O) groups excluding carboxylic acids is 1. The van der Waals surface area contributed by atoms with Gasteiger partial charge in [-0.1, -0.05) is 0 Å². The summed E-state index contributed by atoms with van der Waals surface area (Å²) in [6.45, 7) is 1.37. The van der Waals surface area contributed by atoms with E-state index in [2.05, 4.69) is 9.97 Å². The Morgan fingerprint density at radius 3 is 2.88 bits per heavy atom. The van der Waals surface area contributed by atoms with E-state index in [1.165, 1.54) is 0 Å². The van der Waals surface area contributed by atoms with Crippen molar-refractivity contribution in [3.63, 3.8) is 0 Å². The van der Waals surface area contributed by atoms with Gasteiger partial charge >= 0.3 is 0 Å². The molecule has 0 aromatic carbocycles. The molecule has 1 aliphatic heterocycles. The number of fused-ring (bicyclic) bond motifs is 1. The second-order valence-corrected chi connectivity index (χ2v) is 6.20. The molecule has 3 aromatic heterocycles. The van der Waals surface area contributed by atoms with Crippen molar-refractivity contribution in [2.24, 2.45) is 7.05 Å². The van der Waals surface area contributed by atoms with Crippen LogP contribution in [0.4, 0.5) is 0 Å². The van der Waals surface area contributed by atoms with Gasteiger partial charge in [0.15, 0.2) is 5.65 Å². The Labute approximate surface area is 145 Å². The van der Waals surface area contributed by atoms with Gasteiger partial charge in [0.05, 0.1) is 12.7 Å². The Hall–Kier alpha value is -2.96. The fourth-order valence-corrected chi connectivity index (χ4v) is 3.37. The lowest BCUT2D eigenvalue weighted by Crippen LogP contribution is -2.28. The largest absolute Gasteiger partial charge is 0.481 e. The van der Waals surface area contributed by atoms with E-state index >= 15 is 0 Å². The highest BCUT2D eigenvalue weighted by molar-refractivity contribution is 5.94. The molecule has 7 heteroatoms. The summed E-state index contributed by atoms with van der Waals surface area (Å²) < 4.78 is 7.07. The second kappa shape index (κ2) is 6.16. The van der Waals surface area contributed by atoms with Gasteiger partial charge < -0.3 is 14.2 Å². The summed E-state index contributed by atoms with van der Waals surface area (Å²) >= 11 is 0. The normalized spacial score (nSPS) is 17.2. The summed E-state index contributed by atoms with van der Waals surface area (Å²) in [4.78, 5) is 27.8. The molecule has 4 rings (SSSR count). The topological polar surface area (TPSA) is 73.1 Å². The van der Waals surface area contributed by atoms with E-state index in [-0.39, 0.29) is 11.8 Å². The number of aryl methyl sites for hydroxylation is 1. The van der Waals surface area contributed by atoms with Crippen LogP contribution in [0.25, 0.3) is 11.2 Å². The smallest absolute Gasteiger partial charge is 0.255 e. The minimum absolute atomic E-state index is 0.00505. The Morgan fingerprint density at radius 1 is 1.28 bits per heavy atom. The van der Waals surface area contributed by atoms with Gasteiger partial charge in [-0.3, -0.25) is 4.79 Å². The Bertz CT molecular complexity index is 919. The molecule has 1 atom stereocenters. The molecule has 0 unspecified atom stereocenters. The molecular formula is C18H19N5O2. The van der Waals surface area contributed by atoms with Crippen molar-refractivity contribution in [2.75, 3.05) is 20.2 Å². The van der Waals surface area contributed by atoms with Gasteiger partial charge in [-0.25, -0.2) is 15.0 Å². The van der Waals surface area contributed by atoms with Gasteiger partial charge in [0.25, 0.3) is 5.91 Å². The summed E-state index contributed by atoms with van der Waals surface area (Å²) in [5.74, 6) is 1.70. The van der Waals surface area contributed by atoms with Crippen molar-refractivity contribution in [2.45, 2.75) is 12.3 Å². The number of aromatic nitrogens is 4. The van der Waals surface area contributed by atoms with E-state index in [0.717, 1.165) is 23.4 Å². The van der Waals surface area contributed by atoms with Crippen molar-refractivity contribution in [1.29, 1.82) is 0 Å². The third-order valence-electron chi connectivity index (χ3n) is 4.70. The first kappa shape index (κ1) is 15.6. The van der Waals surface area contributed by atoms with Gasteiger partial charge in [-0.15, -0.1) is 0 Å². The number of methoxy groups -OCH3 is 1. The fourth-order valence-electron chi connectivity index (χ4n) is 3.37. The van der Waals surface area contributed by atoms with Crippen LogP contribution in [-0.2, 0) is 7.05 Å². The van der Waals surface area contributed by atoms with Gasteiger partial charge in [-0.2, -0.15) is 0 Å². The van der Waals surface area contributed by atoms with Crippen LogP contribution in [0, 0.1) is 0 Å². The molecule has 1 aliphatic rings. The van der Waals surface area contributed by atoms with Crippen LogP contribution in [0.15, 0.2) is 36.7 Å². The first-order valence-electron chi connectivity index (χ1n) is 8.24. The maximum Gasteiger partial charge on any atom is 0.255 e. The highest BCUT2D eigenvalue weighted by Gasteiger charge is 2.31. The minimum Gasteiger partial charge on any atom is -0.481 e. The number of rotatable bonds is 3. The number of pyridine rings is 2. The number of hydrogen-bond acceptors (Lipinski definition) is 5. The zero-order valence-corrected chi connectivity index (χ0v) is 14.2. The SMILES string of the molecule is COc1ccc(C(=O)N2CC[C@@H](c3nc4cccnc4n3C)C2)cn1. The van der Waals surface area contributed by atoms with E-state index in [0.29, 0.717) is 24.5 Å². The summed E-state index contributed by atoms with van der Waals surface area (Å²) in [6.07, 6.45) is 4.23. The molecule has 25 heavy (non-hydrogen) atoms. The van der Waals surface area contributed by atoms with Gasteiger partial charge in [0, 0.05) is 44.5 Å². The highest BCUT2D eigenvalue weighted by atomic mass is 16.5. The zero-order valence-electron chi connectivity index (χ0n) is 14.2. The predicted molar refractivity (Wildman–Crippen MR) is 92.6 cm³/mol. The molecule has 128 valence electrons. The average molecular weight is 337 g/mol. The van der Waals surface area contributed by atoms with Crippen molar-refractivity contribution >= 4 is 17.1 Å². The molecule has 0 N–H and O–H groups in total. The monoisotopic (exact) mass is 337 g/mol. The summed E-state index contributed by atoms with van der Waals surface area (Å²) in [5.41, 5.74) is 2.35. The lowest BCUT2D eigenvalue weighted by molar-refractivity contribution is 0.0790. The fraction of sp³-hybridized carbons (Fsp3) is 0.333. The van der Waals surface area contributed by atoms with Gasteiger partial charge in [-0.05, 0) is 24.6 Å². The van der Waals surface area contributed by atoms with E-state index in [1.54, 1.807) is 31.6 Å². The number of amides is 1. The quantitative estimate of drug-likeness (QED) is 0.731. The summed E-state index contributed by atoms with van der Waals surface area (Å²) in [7, 11) is 3.54. The summed E-state index contributed by atoms with van der Waals surface area (Å²) in [5, 5.41) is 0. The third kappa shape index (κ3) is 2.71. The Balaban J connectivity index is 1.53. The molecule has 0 aliphatic carbocycles. The Kier molecular flexibility index (Phi) is 3.83. The van der Waals surface area contributed by atoms with Crippen LogP contribution < -0.4 is 4.74 Å². The molecule has 3 aromatic rings. The number of ether oxygens (including phenoxy) is 1. The minimum atomic E-state index is -0.00505. The van der Waals surface area contributed by atoms with Crippen LogP contribution >= 0.6 is 0 Å². The molecule has 0 spiro atoms. The van der Waals surface area contributed by atoms with E-state index in [9.17, 15) is 4.79 Å². The van der Waals surface area contributed by atoms with Crippen molar-refractivity contribution in [3.8, 4) is 5.88 Å². The molecular weight excluding hydrogens is 318 g/mol. The van der Waals surface area contributed by atoms with Crippen LogP contribution in [0.5, 0.6) is 5.88 Å². The van der Waals surface area contributed by atoms with Crippen LogP contribution in [0.2, 0.25) is 0 Å². The van der Waals surface area contributed by atoms with E-state index in [4.69, 9.17) is 9.72 Å². The number of likely N-dealkylation sites (tertiary alicyclic amines) is 1. The lowest BCUT2D eigenvalue weighted by Gasteiger charge is -2.16. The van der Waals surface area contributed by atoms with Gasteiger partial charge in [0.2, 0.25) is 5.88 Å². The number of carbonyl (C=O) groups is 1. The highest BCUT2D eigenvalue weighted by Crippen LogP contribution is 2.29. The van der Waals surface area contributed by atoms with E-state index < -0.39 is 0 Å². The summed E-state index contributed by atoms with van der Waals surface area (Å²) in [6, 6.07) is 7.31. The maximum absolute atomic E-state index is 12.7. The molecule has 1 fully saturated rings. The van der Waals surface area contributed by atoms with Crippen LogP contribution in [-0.4, -0.2) is 50.5 Å². The van der Waals surface area contributed by atoms with Gasteiger partial charge in [0.1, 0.15) is 11.3 Å².